The van der Waals surface area contributed by atoms with Gasteiger partial charge in [0.25, 0.3) is 0 Å². The van der Waals surface area contributed by atoms with Crippen molar-refractivity contribution in [2.75, 3.05) is 26.2 Å². The SMILES string of the molecule is C=C(CCCC)N1CCN(C(=C)c2ccc3c(Cl)cc(-c4ccc(C5CC5)c(F)c4)nc3c2)CC1. The summed E-state index contributed by atoms with van der Waals surface area (Å²) in [4.78, 5) is 9.60. The third-order valence-electron chi connectivity index (χ3n) is 7.33. The Bertz CT molecular complexity index is 1270. The van der Waals surface area contributed by atoms with Crippen LogP contribution in [0.15, 0.2) is 61.3 Å². The van der Waals surface area contributed by atoms with E-state index in [1.54, 1.807) is 6.07 Å². The van der Waals surface area contributed by atoms with Crippen LogP contribution in [0.25, 0.3) is 27.9 Å². The molecule has 1 aromatic heterocycles. The van der Waals surface area contributed by atoms with Crippen LogP contribution in [0.4, 0.5) is 4.39 Å². The monoisotopic (exact) mass is 489 g/mol. The molecule has 0 atom stereocenters. The van der Waals surface area contributed by atoms with Gasteiger partial charge >= 0.3 is 0 Å². The van der Waals surface area contributed by atoms with Gasteiger partial charge in [-0.15, -0.1) is 0 Å². The first-order valence-corrected chi connectivity index (χ1v) is 13.1. The van der Waals surface area contributed by atoms with Crippen molar-refractivity contribution in [2.24, 2.45) is 0 Å². The minimum Gasteiger partial charge on any atom is -0.372 e. The molecule has 1 aliphatic carbocycles. The van der Waals surface area contributed by atoms with E-state index in [9.17, 15) is 4.39 Å². The fourth-order valence-corrected chi connectivity index (χ4v) is 5.20. The molecule has 2 aromatic carbocycles. The molecule has 0 radical (unpaired) electrons. The van der Waals surface area contributed by atoms with E-state index in [0.717, 1.165) is 78.7 Å². The summed E-state index contributed by atoms with van der Waals surface area (Å²) in [6.07, 6.45) is 5.61. The summed E-state index contributed by atoms with van der Waals surface area (Å²) in [5.74, 6) is 0.226. The highest BCUT2D eigenvalue weighted by Crippen LogP contribution is 2.42. The van der Waals surface area contributed by atoms with Crippen molar-refractivity contribution in [3.63, 3.8) is 0 Å². The molecule has 2 fully saturated rings. The molecule has 1 saturated heterocycles. The molecule has 1 saturated carbocycles. The molecular formula is C30H33ClFN3. The summed E-state index contributed by atoms with van der Waals surface area (Å²) in [7, 11) is 0. The van der Waals surface area contributed by atoms with Crippen molar-refractivity contribution < 1.29 is 4.39 Å². The highest BCUT2D eigenvalue weighted by atomic mass is 35.5. The maximum absolute atomic E-state index is 14.7. The number of fused-ring (bicyclic) bond motifs is 1. The predicted molar refractivity (Wildman–Crippen MR) is 145 cm³/mol. The van der Waals surface area contributed by atoms with E-state index in [2.05, 4.69) is 42.0 Å². The Morgan fingerprint density at radius 1 is 1.03 bits per heavy atom. The van der Waals surface area contributed by atoms with Gasteiger partial charge in [-0.1, -0.05) is 62.4 Å². The number of nitrogens with zero attached hydrogens (tertiary/aromatic N) is 3. The zero-order valence-corrected chi connectivity index (χ0v) is 21.3. The molecule has 5 rings (SSSR count). The Morgan fingerprint density at radius 2 is 1.77 bits per heavy atom. The average Bonchev–Trinajstić information content (AvgIpc) is 3.72. The summed E-state index contributed by atoms with van der Waals surface area (Å²) in [5.41, 5.74) is 6.32. The zero-order chi connectivity index (χ0) is 24.5. The molecular weight excluding hydrogens is 457 g/mol. The van der Waals surface area contributed by atoms with E-state index in [1.807, 2.05) is 24.3 Å². The van der Waals surface area contributed by atoms with Crippen molar-refractivity contribution in [3.05, 3.63) is 83.3 Å². The van der Waals surface area contributed by atoms with Gasteiger partial charge in [0, 0.05) is 48.5 Å². The summed E-state index contributed by atoms with van der Waals surface area (Å²) < 4.78 is 14.7. The molecule has 2 heterocycles. The van der Waals surface area contributed by atoms with E-state index in [1.165, 1.54) is 18.5 Å². The molecule has 0 bridgehead atoms. The number of hydrogen-bond donors (Lipinski definition) is 0. The Balaban J connectivity index is 1.35. The van der Waals surface area contributed by atoms with Gasteiger partial charge in [-0.05, 0) is 60.9 Å². The van der Waals surface area contributed by atoms with Crippen LogP contribution in [0, 0.1) is 5.82 Å². The first kappa shape index (κ1) is 23.9. The van der Waals surface area contributed by atoms with Gasteiger partial charge < -0.3 is 9.80 Å². The number of piperazine rings is 1. The van der Waals surface area contributed by atoms with Gasteiger partial charge in [-0.25, -0.2) is 9.37 Å². The second-order valence-electron chi connectivity index (χ2n) is 9.82. The van der Waals surface area contributed by atoms with Crippen molar-refractivity contribution in [2.45, 2.75) is 44.9 Å². The number of aromatic nitrogens is 1. The zero-order valence-electron chi connectivity index (χ0n) is 20.5. The van der Waals surface area contributed by atoms with E-state index in [-0.39, 0.29) is 5.82 Å². The lowest BCUT2D eigenvalue weighted by Gasteiger charge is -2.39. The Morgan fingerprint density at radius 3 is 2.46 bits per heavy atom. The molecule has 3 nitrogen and oxygen atoms in total. The fourth-order valence-electron chi connectivity index (χ4n) is 4.94. The van der Waals surface area contributed by atoms with Crippen LogP contribution in [0.3, 0.4) is 0 Å². The molecule has 182 valence electrons. The third kappa shape index (κ3) is 5.08. The lowest BCUT2D eigenvalue weighted by molar-refractivity contribution is 0.209. The van der Waals surface area contributed by atoms with Crippen molar-refractivity contribution in [3.8, 4) is 11.3 Å². The number of hydrogen-bond acceptors (Lipinski definition) is 3. The smallest absolute Gasteiger partial charge is 0.127 e. The van der Waals surface area contributed by atoms with E-state index in [0.29, 0.717) is 16.6 Å². The van der Waals surface area contributed by atoms with Crippen LogP contribution >= 0.6 is 11.6 Å². The van der Waals surface area contributed by atoms with Crippen LogP contribution in [0.1, 0.15) is 56.1 Å². The molecule has 1 aliphatic heterocycles. The van der Waals surface area contributed by atoms with Crippen molar-refractivity contribution in [1.29, 1.82) is 0 Å². The number of rotatable bonds is 8. The van der Waals surface area contributed by atoms with Gasteiger partial charge in [0.15, 0.2) is 0 Å². The quantitative estimate of drug-likeness (QED) is 0.321. The molecule has 0 amide bonds. The van der Waals surface area contributed by atoms with Crippen LogP contribution in [0.5, 0.6) is 0 Å². The van der Waals surface area contributed by atoms with Gasteiger partial charge in [-0.3, -0.25) is 0 Å². The molecule has 0 N–H and O–H groups in total. The Hall–Kier alpha value is -2.85. The molecule has 2 aliphatic rings. The third-order valence-corrected chi connectivity index (χ3v) is 7.65. The topological polar surface area (TPSA) is 19.4 Å². The highest BCUT2D eigenvalue weighted by Gasteiger charge is 2.26. The average molecular weight is 490 g/mol. The number of benzene rings is 2. The first-order valence-electron chi connectivity index (χ1n) is 12.7. The Kier molecular flexibility index (Phi) is 6.84. The minimum absolute atomic E-state index is 0.151. The fraction of sp³-hybridized carbons (Fsp3) is 0.367. The summed E-state index contributed by atoms with van der Waals surface area (Å²) in [6.45, 7) is 14.7. The van der Waals surface area contributed by atoms with E-state index < -0.39 is 0 Å². The normalized spacial score (nSPS) is 16.1. The molecule has 3 aromatic rings. The number of halogens is 2. The van der Waals surface area contributed by atoms with Crippen LogP contribution in [0.2, 0.25) is 5.02 Å². The maximum Gasteiger partial charge on any atom is 0.127 e. The van der Waals surface area contributed by atoms with Gasteiger partial charge in [-0.2, -0.15) is 0 Å². The summed E-state index contributed by atoms with van der Waals surface area (Å²) >= 11 is 6.63. The van der Waals surface area contributed by atoms with E-state index in [4.69, 9.17) is 16.6 Å². The molecule has 5 heteroatoms. The van der Waals surface area contributed by atoms with Gasteiger partial charge in [0.1, 0.15) is 5.82 Å². The molecule has 35 heavy (non-hydrogen) atoms. The minimum atomic E-state index is -0.151. The standard InChI is InChI=1S/C30H33ClFN3/c1-4-5-6-20(2)34-13-15-35(16-14-34)21(3)23-9-12-26-27(31)19-29(33-30(26)18-23)24-10-11-25(22-7-8-22)28(32)17-24/h9-12,17-19,22H,2-8,13-16H2,1H3. The lowest BCUT2D eigenvalue weighted by atomic mass is 10.0. The first-order chi connectivity index (χ1) is 16.9. The van der Waals surface area contributed by atoms with Crippen LogP contribution in [-0.4, -0.2) is 41.0 Å². The largest absolute Gasteiger partial charge is 0.372 e. The second kappa shape index (κ2) is 10.0. The Labute approximate surface area is 212 Å². The number of unbranched alkanes of at least 4 members (excludes halogenated alkanes) is 1. The van der Waals surface area contributed by atoms with Crippen molar-refractivity contribution >= 4 is 28.2 Å². The molecule has 0 unspecified atom stereocenters. The van der Waals surface area contributed by atoms with Gasteiger partial charge in [0.2, 0.25) is 0 Å². The van der Waals surface area contributed by atoms with Gasteiger partial charge in [0.05, 0.1) is 16.2 Å². The molecule has 0 spiro atoms. The van der Waals surface area contributed by atoms with Crippen molar-refractivity contribution in [1.82, 2.24) is 14.8 Å². The van der Waals surface area contributed by atoms with Crippen LogP contribution in [-0.2, 0) is 0 Å². The summed E-state index contributed by atoms with van der Waals surface area (Å²) in [6, 6.07) is 13.4. The summed E-state index contributed by atoms with van der Waals surface area (Å²) in [5, 5.41) is 1.51. The number of allylic oxidation sites excluding steroid dienone is 1. The second-order valence-corrected chi connectivity index (χ2v) is 10.2. The maximum atomic E-state index is 14.7. The lowest BCUT2D eigenvalue weighted by Crippen LogP contribution is -2.44. The highest BCUT2D eigenvalue weighted by molar-refractivity contribution is 6.35. The van der Waals surface area contributed by atoms with Crippen LogP contribution < -0.4 is 0 Å². The number of pyridine rings is 1. The predicted octanol–water partition coefficient (Wildman–Crippen LogP) is 7.86. The van der Waals surface area contributed by atoms with E-state index >= 15 is 0 Å².